The average molecular weight is 612 g/mol. The summed E-state index contributed by atoms with van der Waals surface area (Å²) in [7, 11) is 0. The Morgan fingerprint density at radius 1 is 1.23 bits per heavy atom. The molecule has 0 aromatic heterocycles. The molecule has 0 radical (unpaired) electrons. The molecule has 0 heterocycles. The van der Waals surface area contributed by atoms with E-state index in [0.29, 0.717) is 32.1 Å². The van der Waals surface area contributed by atoms with Crippen LogP contribution in [0.1, 0.15) is 11.1 Å². The lowest BCUT2D eigenvalue weighted by Gasteiger charge is -2.12. The number of nitrogens with one attached hydrogen (secondary N) is 1. The van der Waals surface area contributed by atoms with E-state index in [1.54, 1.807) is 48.5 Å². The molecule has 1 amide bonds. The van der Waals surface area contributed by atoms with E-state index >= 15 is 0 Å². The zero-order chi connectivity index (χ0) is 22.4. The van der Waals surface area contributed by atoms with E-state index in [2.05, 4.69) is 43.8 Å². The molecule has 0 saturated carbocycles. The van der Waals surface area contributed by atoms with Crippen LogP contribution < -0.4 is 10.1 Å². The van der Waals surface area contributed by atoms with Gasteiger partial charge in [0.25, 0.3) is 5.91 Å². The molecule has 3 rings (SSSR count). The van der Waals surface area contributed by atoms with Crippen LogP contribution in [0.4, 0.5) is 10.1 Å². The second-order valence-corrected chi connectivity index (χ2v) is 8.82. The molecular weight excluding hydrogens is 598 g/mol. The second-order valence-electron chi connectivity index (χ2n) is 6.37. The first kappa shape index (κ1) is 23.3. The summed E-state index contributed by atoms with van der Waals surface area (Å²) in [6.45, 7) is 0.201. The van der Waals surface area contributed by atoms with Crippen molar-refractivity contribution in [3.8, 4) is 11.8 Å². The number of nitrogens with zero attached hydrogens (tertiary/aromatic N) is 1. The van der Waals surface area contributed by atoms with Crippen LogP contribution in [0, 0.1) is 20.7 Å². The number of benzene rings is 3. The molecule has 0 bridgehead atoms. The van der Waals surface area contributed by atoms with Crippen LogP contribution in [0.5, 0.6) is 5.75 Å². The maximum absolute atomic E-state index is 13.3. The summed E-state index contributed by atoms with van der Waals surface area (Å²) in [6.07, 6.45) is 1.49. The minimum atomic E-state index is -0.540. The summed E-state index contributed by atoms with van der Waals surface area (Å²) in [6, 6.07) is 18.3. The molecule has 1 N–H and O–H groups in total. The van der Waals surface area contributed by atoms with Gasteiger partial charge in [0.2, 0.25) is 0 Å². The Morgan fingerprint density at radius 3 is 2.68 bits per heavy atom. The first-order valence-corrected chi connectivity index (χ1v) is 11.2. The molecule has 4 nitrogen and oxygen atoms in total. The summed E-state index contributed by atoms with van der Waals surface area (Å²) >= 11 is 11.5. The Hall–Kier alpha value is -2.41. The molecule has 0 aliphatic carbocycles. The third kappa shape index (κ3) is 6.53. The fraction of sp³-hybridized carbons (Fsp3) is 0.0435. The molecule has 0 aliphatic rings. The first-order chi connectivity index (χ1) is 14.9. The normalized spacial score (nSPS) is 11.0. The van der Waals surface area contributed by atoms with Gasteiger partial charge in [-0.25, -0.2) is 4.39 Å². The van der Waals surface area contributed by atoms with E-state index in [0.717, 1.165) is 3.57 Å². The van der Waals surface area contributed by atoms with E-state index in [1.165, 1.54) is 18.2 Å². The summed E-state index contributed by atoms with van der Waals surface area (Å²) in [5.74, 6) is -0.276. The quantitative estimate of drug-likeness (QED) is 0.186. The second kappa shape index (κ2) is 10.8. The van der Waals surface area contributed by atoms with Gasteiger partial charge in [0.15, 0.2) is 0 Å². The number of hydrogen-bond donors (Lipinski definition) is 1. The van der Waals surface area contributed by atoms with E-state index in [-0.39, 0.29) is 18.0 Å². The number of anilines is 1. The molecule has 0 fully saturated rings. The minimum absolute atomic E-state index is 0.0592. The van der Waals surface area contributed by atoms with Crippen LogP contribution in [0.2, 0.25) is 5.02 Å². The third-order valence-corrected chi connectivity index (χ3v) is 5.68. The van der Waals surface area contributed by atoms with E-state index < -0.39 is 5.91 Å². The fourth-order valence-corrected chi connectivity index (χ4v) is 4.62. The number of rotatable bonds is 6. The molecule has 3 aromatic rings. The lowest BCUT2D eigenvalue weighted by atomic mass is 10.1. The number of carbonyl (C=O) groups is 1. The molecule has 0 aliphatic heterocycles. The van der Waals surface area contributed by atoms with Gasteiger partial charge in [0.05, 0.1) is 8.04 Å². The Kier molecular flexibility index (Phi) is 8.07. The zero-order valence-corrected chi connectivity index (χ0v) is 20.3. The maximum Gasteiger partial charge on any atom is 0.266 e. The monoisotopic (exact) mass is 610 g/mol. The minimum Gasteiger partial charge on any atom is -0.487 e. The van der Waals surface area contributed by atoms with Crippen molar-refractivity contribution in [3.63, 3.8) is 0 Å². The highest BCUT2D eigenvalue weighted by molar-refractivity contribution is 14.1. The summed E-state index contributed by atoms with van der Waals surface area (Å²) in [5.41, 5.74) is 1.79. The van der Waals surface area contributed by atoms with Crippen molar-refractivity contribution in [1.29, 1.82) is 5.26 Å². The highest BCUT2D eigenvalue weighted by Crippen LogP contribution is 2.33. The highest BCUT2D eigenvalue weighted by Gasteiger charge is 2.13. The molecule has 156 valence electrons. The van der Waals surface area contributed by atoms with Crippen molar-refractivity contribution in [1.82, 2.24) is 0 Å². The smallest absolute Gasteiger partial charge is 0.266 e. The largest absolute Gasteiger partial charge is 0.487 e. The van der Waals surface area contributed by atoms with Crippen LogP contribution in [0.15, 0.2) is 70.7 Å². The number of amides is 1. The Labute approximate surface area is 205 Å². The van der Waals surface area contributed by atoms with Gasteiger partial charge in [-0.3, -0.25) is 4.79 Å². The number of nitriles is 1. The first-order valence-electron chi connectivity index (χ1n) is 8.90. The lowest BCUT2D eigenvalue weighted by Crippen LogP contribution is -2.13. The van der Waals surface area contributed by atoms with E-state index in [4.69, 9.17) is 16.3 Å². The van der Waals surface area contributed by atoms with Gasteiger partial charge in [-0.1, -0.05) is 29.8 Å². The fourth-order valence-electron chi connectivity index (χ4n) is 2.66. The number of halogens is 4. The summed E-state index contributed by atoms with van der Waals surface area (Å²) in [4.78, 5) is 12.5. The van der Waals surface area contributed by atoms with Gasteiger partial charge >= 0.3 is 0 Å². The molecule has 8 heteroatoms. The van der Waals surface area contributed by atoms with Crippen LogP contribution in [0.25, 0.3) is 6.08 Å². The number of carbonyl (C=O) groups excluding carboxylic acids is 1. The molecule has 0 unspecified atom stereocenters. The summed E-state index contributed by atoms with van der Waals surface area (Å²) < 4.78 is 20.6. The maximum atomic E-state index is 13.3. The van der Waals surface area contributed by atoms with Crippen molar-refractivity contribution in [2.45, 2.75) is 6.61 Å². The van der Waals surface area contributed by atoms with Crippen LogP contribution in [-0.2, 0) is 11.4 Å². The van der Waals surface area contributed by atoms with E-state index in [9.17, 15) is 14.4 Å². The predicted molar refractivity (Wildman–Crippen MR) is 131 cm³/mol. The van der Waals surface area contributed by atoms with Crippen molar-refractivity contribution < 1.29 is 13.9 Å². The third-order valence-electron chi connectivity index (χ3n) is 4.05. The zero-order valence-electron chi connectivity index (χ0n) is 15.8. The van der Waals surface area contributed by atoms with Gasteiger partial charge in [-0.05, 0) is 98.2 Å². The van der Waals surface area contributed by atoms with Crippen molar-refractivity contribution >= 4 is 67.8 Å². The van der Waals surface area contributed by atoms with Gasteiger partial charge in [0, 0.05) is 10.7 Å². The van der Waals surface area contributed by atoms with Crippen LogP contribution >= 0.6 is 50.1 Å². The van der Waals surface area contributed by atoms with Gasteiger partial charge in [-0.15, -0.1) is 0 Å². The van der Waals surface area contributed by atoms with Crippen molar-refractivity contribution in [2.24, 2.45) is 0 Å². The molecule has 31 heavy (non-hydrogen) atoms. The topological polar surface area (TPSA) is 62.1 Å². The molecular formula is C23H14BrClFIN2O2. The van der Waals surface area contributed by atoms with Gasteiger partial charge in [0.1, 0.15) is 29.8 Å². The summed E-state index contributed by atoms with van der Waals surface area (Å²) in [5, 5.41) is 12.6. The van der Waals surface area contributed by atoms with Crippen LogP contribution in [0.3, 0.4) is 0 Å². The Morgan fingerprint density at radius 2 is 2.00 bits per heavy atom. The Bertz CT molecular complexity index is 1190. The number of hydrogen-bond acceptors (Lipinski definition) is 3. The molecule has 3 aromatic carbocycles. The molecule has 0 spiro atoms. The van der Waals surface area contributed by atoms with Crippen LogP contribution in [-0.4, -0.2) is 5.91 Å². The van der Waals surface area contributed by atoms with E-state index in [1.807, 2.05) is 6.07 Å². The SMILES string of the molecule is N#C/C(=C\c1cc(Br)c(OCc2cccc(F)c2)c(I)c1)C(=O)Nc1cccc(Cl)c1. The highest BCUT2D eigenvalue weighted by atomic mass is 127. The predicted octanol–water partition coefficient (Wildman–Crippen LogP) is 6.97. The number of ether oxygens (including phenoxy) is 1. The Balaban J connectivity index is 1.77. The lowest BCUT2D eigenvalue weighted by molar-refractivity contribution is -0.112. The van der Waals surface area contributed by atoms with Crippen molar-refractivity contribution in [3.05, 3.63) is 96.2 Å². The molecule has 0 saturated heterocycles. The van der Waals surface area contributed by atoms with Crippen molar-refractivity contribution in [2.75, 3.05) is 5.32 Å². The molecule has 0 atom stereocenters. The van der Waals surface area contributed by atoms with Gasteiger partial charge in [-0.2, -0.15) is 5.26 Å². The average Bonchev–Trinajstić information content (AvgIpc) is 2.71. The van der Waals surface area contributed by atoms with Gasteiger partial charge < -0.3 is 10.1 Å². The standard InChI is InChI=1S/C23H14BrClFIN2O2/c24-20-9-15(7-16(12-28)23(30)29-19-6-2-4-17(25)11-19)10-21(27)22(20)31-13-14-3-1-5-18(26)8-14/h1-11H,13H2,(H,29,30)/b16-7+.